The van der Waals surface area contributed by atoms with Gasteiger partial charge in [-0.2, -0.15) is 0 Å². The smallest absolute Gasteiger partial charge is 0.309 e. The zero-order valence-electron chi connectivity index (χ0n) is 14.6. The van der Waals surface area contributed by atoms with Crippen molar-refractivity contribution in [1.82, 2.24) is 0 Å². The van der Waals surface area contributed by atoms with Crippen molar-refractivity contribution in [2.24, 2.45) is 11.3 Å². The van der Waals surface area contributed by atoms with Crippen molar-refractivity contribution in [2.75, 3.05) is 0 Å². The molecule has 23 heavy (non-hydrogen) atoms. The number of carbonyl (C=O) groups excluding carboxylic acids is 1. The normalized spacial score (nSPS) is 33.0. The van der Waals surface area contributed by atoms with Gasteiger partial charge in [0.25, 0.3) is 0 Å². The van der Waals surface area contributed by atoms with E-state index in [2.05, 4.69) is 6.08 Å². The summed E-state index contributed by atoms with van der Waals surface area (Å²) in [4.78, 5) is 12.3. The number of esters is 1. The van der Waals surface area contributed by atoms with Crippen molar-refractivity contribution in [3.8, 4) is 0 Å². The number of aryl methyl sites for hydroxylation is 1. The minimum absolute atomic E-state index is 0.211. The first-order valence-corrected chi connectivity index (χ1v) is 8.37. The highest BCUT2D eigenvalue weighted by Gasteiger charge is 2.58. The van der Waals surface area contributed by atoms with Gasteiger partial charge >= 0.3 is 5.97 Å². The summed E-state index contributed by atoms with van der Waals surface area (Å²) in [6.45, 7) is 9.50. The van der Waals surface area contributed by atoms with Crippen LogP contribution in [0.15, 0.2) is 22.3 Å². The van der Waals surface area contributed by atoms with Gasteiger partial charge in [-0.25, -0.2) is 0 Å². The van der Waals surface area contributed by atoms with Crippen molar-refractivity contribution in [3.05, 3.63) is 34.8 Å². The van der Waals surface area contributed by atoms with Crippen molar-refractivity contribution in [1.29, 1.82) is 0 Å². The molecule has 126 valence electrons. The van der Waals surface area contributed by atoms with Crippen LogP contribution >= 0.6 is 0 Å². The summed E-state index contributed by atoms with van der Waals surface area (Å²) in [7, 11) is 0. The Bertz CT molecular complexity index is 665. The van der Waals surface area contributed by atoms with Gasteiger partial charge in [-0.05, 0) is 39.2 Å². The molecule has 0 radical (unpaired) electrons. The highest BCUT2D eigenvalue weighted by atomic mass is 16.5. The number of fused-ring (bicyclic) bond motifs is 2. The van der Waals surface area contributed by atoms with Crippen LogP contribution in [0.3, 0.4) is 0 Å². The third kappa shape index (κ3) is 2.26. The number of allylic oxidation sites excluding steroid dienone is 1. The average molecular weight is 318 g/mol. The van der Waals surface area contributed by atoms with E-state index in [4.69, 9.17) is 9.15 Å². The molecule has 0 bridgehead atoms. The molecule has 1 aromatic rings. The molecule has 0 spiro atoms. The minimum Gasteiger partial charge on any atom is -0.468 e. The van der Waals surface area contributed by atoms with Crippen LogP contribution in [-0.4, -0.2) is 16.7 Å². The number of hydrogen-bond acceptors (Lipinski definition) is 4. The van der Waals surface area contributed by atoms with E-state index in [9.17, 15) is 9.90 Å². The van der Waals surface area contributed by atoms with Gasteiger partial charge in [0.1, 0.15) is 11.9 Å². The van der Waals surface area contributed by atoms with Gasteiger partial charge in [-0.1, -0.05) is 25.5 Å². The Morgan fingerprint density at radius 2 is 2.13 bits per heavy atom. The van der Waals surface area contributed by atoms with Gasteiger partial charge in [-0.15, -0.1) is 0 Å². The van der Waals surface area contributed by atoms with E-state index in [0.29, 0.717) is 12.8 Å². The Morgan fingerprint density at radius 3 is 2.78 bits per heavy atom. The molecule has 2 aliphatic carbocycles. The van der Waals surface area contributed by atoms with E-state index in [0.717, 1.165) is 28.9 Å². The standard InChI is InChI=1S/C19H26O4/c1-11(2)17(20)23-16-15-12(3)10-22-14(15)9-13-7-6-8-18(4,21)19(13,16)5/h7,10-11,16,21H,6,8-9H2,1-5H3/t16-,18-,19-/m1/s1. The molecule has 0 amide bonds. The highest BCUT2D eigenvalue weighted by molar-refractivity contribution is 5.72. The Morgan fingerprint density at radius 1 is 1.43 bits per heavy atom. The van der Waals surface area contributed by atoms with Crippen LogP contribution in [0.25, 0.3) is 0 Å². The molecule has 0 saturated heterocycles. The second-order valence-electron chi connectivity index (χ2n) is 7.65. The topological polar surface area (TPSA) is 59.7 Å². The maximum Gasteiger partial charge on any atom is 0.309 e. The number of rotatable bonds is 2. The van der Waals surface area contributed by atoms with Crippen LogP contribution in [0, 0.1) is 18.3 Å². The largest absolute Gasteiger partial charge is 0.468 e. The van der Waals surface area contributed by atoms with Crippen LogP contribution in [0.1, 0.15) is 63.5 Å². The van der Waals surface area contributed by atoms with Crippen LogP contribution in [0.5, 0.6) is 0 Å². The van der Waals surface area contributed by atoms with Crippen LogP contribution in [0.2, 0.25) is 0 Å². The van der Waals surface area contributed by atoms with E-state index in [1.54, 1.807) is 6.26 Å². The van der Waals surface area contributed by atoms with Crippen molar-refractivity contribution >= 4 is 5.97 Å². The monoisotopic (exact) mass is 318 g/mol. The molecule has 0 aliphatic heterocycles. The van der Waals surface area contributed by atoms with Gasteiger partial charge in [0.15, 0.2) is 0 Å². The van der Waals surface area contributed by atoms with E-state index in [1.807, 2.05) is 34.6 Å². The van der Waals surface area contributed by atoms with E-state index in [-0.39, 0.29) is 11.9 Å². The van der Waals surface area contributed by atoms with Crippen LogP contribution in [0.4, 0.5) is 0 Å². The molecule has 4 nitrogen and oxygen atoms in total. The first-order valence-electron chi connectivity index (χ1n) is 8.37. The Labute approximate surface area is 137 Å². The maximum absolute atomic E-state index is 12.3. The molecule has 0 saturated carbocycles. The molecule has 3 rings (SSSR count). The van der Waals surface area contributed by atoms with Crippen molar-refractivity contribution in [2.45, 2.75) is 65.6 Å². The highest BCUT2D eigenvalue weighted by Crippen LogP contribution is 2.59. The fourth-order valence-corrected chi connectivity index (χ4v) is 3.94. The Hall–Kier alpha value is -1.55. The molecule has 0 unspecified atom stereocenters. The zero-order chi connectivity index (χ0) is 17.0. The summed E-state index contributed by atoms with van der Waals surface area (Å²) in [5.41, 5.74) is 1.46. The molecular formula is C19H26O4. The lowest BCUT2D eigenvalue weighted by Gasteiger charge is -2.53. The summed E-state index contributed by atoms with van der Waals surface area (Å²) < 4.78 is 11.6. The Kier molecular flexibility index (Phi) is 3.71. The van der Waals surface area contributed by atoms with Gasteiger partial charge in [0.2, 0.25) is 0 Å². The fourth-order valence-electron chi connectivity index (χ4n) is 3.94. The molecule has 1 aromatic heterocycles. The molecule has 3 atom stereocenters. The second-order valence-corrected chi connectivity index (χ2v) is 7.65. The first-order chi connectivity index (χ1) is 10.7. The number of aliphatic hydroxyl groups is 1. The molecule has 4 heteroatoms. The van der Waals surface area contributed by atoms with Gasteiger partial charge in [0.05, 0.1) is 23.2 Å². The summed E-state index contributed by atoms with van der Waals surface area (Å²) in [5.74, 6) is 0.396. The van der Waals surface area contributed by atoms with Gasteiger partial charge < -0.3 is 14.3 Å². The van der Waals surface area contributed by atoms with Crippen molar-refractivity contribution in [3.63, 3.8) is 0 Å². The first kappa shape index (κ1) is 16.3. The van der Waals surface area contributed by atoms with E-state index in [1.165, 1.54) is 0 Å². The summed E-state index contributed by atoms with van der Waals surface area (Å²) in [5, 5.41) is 11.1. The van der Waals surface area contributed by atoms with Gasteiger partial charge in [-0.3, -0.25) is 4.79 Å². The lowest BCUT2D eigenvalue weighted by molar-refractivity contribution is -0.175. The molecule has 0 aromatic carbocycles. The summed E-state index contributed by atoms with van der Waals surface area (Å²) in [6, 6.07) is 0. The second kappa shape index (κ2) is 5.23. The minimum atomic E-state index is -0.930. The molecule has 1 heterocycles. The quantitative estimate of drug-likeness (QED) is 0.664. The molecule has 0 fully saturated rings. The SMILES string of the molecule is Cc1coc2c1[C@@H](OC(=O)C(C)C)[C@@]1(C)C(=CCC[C@@]1(C)O)C2. The lowest BCUT2D eigenvalue weighted by Crippen LogP contribution is -2.54. The van der Waals surface area contributed by atoms with Crippen LogP contribution < -0.4 is 0 Å². The number of carbonyl (C=O) groups is 1. The zero-order valence-corrected chi connectivity index (χ0v) is 14.6. The van der Waals surface area contributed by atoms with E-state index >= 15 is 0 Å². The van der Waals surface area contributed by atoms with Crippen LogP contribution in [-0.2, 0) is 16.0 Å². The summed E-state index contributed by atoms with van der Waals surface area (Å²) >= 11 is 0. The Balaban J connectivity index is 2.16. The molecular weight excluding hydrogens is 292 g/mol. The number of hydrogen-bond donors (Lipinski definition) is 1. The molecule has 1 N–H and O–H groups in total. The van der Waals surface area contributed by atoms with Crippen molar-refractivity contribution < 1.29 is 19.1 Å². The van der Waals surface area contributed by atoms with Gasteiger partial charge in [0, 0.05) is 12.0 Å². The predicted molar refractivity (Wildman–Crippen MR) is 86.9 cm³/mol. The predicted octanol–water partition coefficient (Wildman–Crippen LogP) is 3.86. The third-order valence-electron chi connectivity index (χ3n) is 5.75. The fraction of sp³-hybridized carbons (Fsp3) is 0.632. The average Bonchev–Trinajstić information content (AvgIpc) is 2.82. The molecule has 2 aliphatic rings. The summed E-state index contributed by atoms with van der Waals surface area (Å²) in [6.07, 6.45) is 5.55. The van der Waals surface area contributed by atoms with E-state index < -0.39 is 17.1 Å². The third-order valence-corrected chi connectivity index (χ3v) is 5.75. The number of furan rings is 1. The lowest BCUT2D eigenvalue weighted by atomic mass is 9.56. The maximum atomic E-state index is 12.3. The number of ether oxygens (including phenoxy) is 1.